The maximum Gasteiger partial charge on any atom is 0.261 e. The molecule has 1 amide bonds. The summed E-state index contributed by atoms with van der Waals surface area (Å²) in [5.41, 5.74) is 2.40. The number of amides is 1. The second kappa shape index (κ2) is 8.94. The third kappa shape index (κ3) is 6.31. The van der Waals surface area contributed by atoms with E-state index in [0.29, 0.717) is 12.4 Å². The number of hydrogen-bond donors (Lipinski definition) is 1. The van der Waals surface area contributed by atoms with Crippen molar-refractivity contribution >= 4 is 5.91 Å². The summed E-state index contributed by atoms with van der Waals surface area (Å²) in [6.07, 6.45) is -0.577. The number of carbonyl (C=O) groups is 1. The van der Waals surface area contributed by atoms with E-state index in [1.165, 1.54) is 5.56 Å². The van der Waals surface area contributed by atoms with E-state index in [1.807, 2.05) is 62.4 Å². The summed E-state index contributed by atoms with van der Waals surface area (Å²) in [4.78, 5) is 12.4. The van der Waals surface area contributed by atoms with Gasteiger partial charge >= 0.3 is 0 Å². The Balaban J connectivity index is 1.83. The van der Waals surface area contributed by atoms with Crippen molar-refractivity contribution in [3.63, 3.8) is 0 Å². The van der Waals surface area contributed by atoms with Crippen molar-refractivity contribution in [3.05, 3.63) is 59.7 Å². The highest BCUT2D eigenvalue weighted by atomic mass is 16.5. The van der Waals surface area contributed by atoms with Gasteiger partial charge in [-0.2, -0.15) is 0 Å². The molecule has 0 aromatic heterocycles. The normalized spacial score (nSPS) is 13.6. The minimum absolute atomic E-state index is 0.0913. The van der Waals surface area contributed by atoms with Crippen molar-refractivity contribution < 1.29 is 14.3 Å². The molecule has 4 heteroatoms. The first kappa shape index (κ1) is 20.8. The van der Waals surface area contributed by atoms with Crippen LogP contribution >= 0.6 is 0 Å². The molecule has 4 nitrogen and oxygen atoms in total. The van der Waals surface area contributed by atoms with Gasteiger partial charge in [-0.1, -0.05) is 51.1 Å². The largest absolute Gasteiger partial charge is 0.491 e. The van der Waals surface area contributed by atoms with Crippen LogP contribution < -0.4 is 14.8 Å². The first-order valence-electron chi connectivity index (χ1n) is 9.43. The van der Waals surface area contributed by atoms with Gasteiger partial charge in [0.1, 0.15) is 18.1 Å². The summed E-state index contributed by atoms with van der Waals surface area (Å²) < 4.78 is 11.6. The average Bonchev–Trinajstić information content (AvgIpc) is 2.60. The zero-order chi connectivity index (χ0) is 20.0. The van der Waals surface area contributed by atoms with E-state index in [2.05, 4.69) is 26.1 Å². The number of ether oxygens (including phenoxy) is 2. The van der Waals surface area contributed by atoms with Crippen LogP contribution in [0.5, 0.6) is 11.5 Å². The molecule has 1 N–H and O–H groups in total. The van der Waals surface area contributed by atoms with Gasteiger partial charge in [0.15, 0.2) is 6.10 Å². The van der Waals surface area contributed by atoms with E-state index in [4.69, 9.17) is 9.47 Å². The standard InChI is InChI=1S/C23H31NO3/c1-16-9-7-8-10-21(16)26-15-17(2)24-22(25)18(3)27-20-13-11-19(12-14-20)23(4,5)6/h7-14,17-18H,15H2,1-6H3,(H,24,25). The summed E-state index contributed by atoms with van der Waals surface area (Å²) >= 11 is 0. The fourth-order valence-corrected chi connectivity index (χ4v) is 2.63. The Morgan fingerprint density at radius 3 is 2.26 bits per heavy atom. The van der Waals surface area contributed by atoms with E-state index < -0.39 is 6.10 Å². The van der Waals surface area contributed by atoms with Gasteiger partial charge < -0.3 is 14.8 Å². The molecule has 2 unspecified atom stereocenters. The average molecular weight is 370 g/mol. The number of rotatable bonds is 7. The first-order valence-corrected chi connectivity index (χ1v) is 9.43. The highest BCUT2D eigenvalue weighted by Gasteiger charge is 2.18. The summed E-state index contributed by atoms with van der Waals surface area (Å²) in [5, 5.41) is 2.94. The van der Waals surface area contributed by atoms with E-state index in [9.17, 15) is 4.79 Å². The molecule has 2 aromatic rings. The smallest absolute Gasteiger partial charge is 0.261 e. The molecular formula is C23H31NO3. The minimum Gasteiger partial charge on any atom is -0.491 e. The van der Waals surface area contributed by atoms with Crippen LogP contribution in [0, 0.1) is 6.92 Å². The number of carbonyl (C=O) groups excluding carboxylic acids is 1. The predicted octanol–water partition coefficient (Wildman–Crippen LogP) is 4.64. The van der Waals surface area contributed by atoms with Gasteiger partial charge in [-0.3, -0.25) is 4.79 Å². The van der Waals surface area contributed by atoms with Crippen molar-refractivity contribution in [2.24, 2.45) is 0 Å². The minimum atomic E-state index is -0.577. The van der Waals surface area contributed by atoms with Gasteiger partial charge in [0.2, 0.25) is 0 Å². The number of hydrogen-bond acceptors (Lipinski definition) is 3. The van der Waals surface area contributed by atoms with Gasteiger partial charge in [-0.05, 0) is 55.5 Å². The Bertz CT molecular complexity index is 747. The lowest BCUT2D eigenvalue weighted by molar-refractivity contribution is -0.128. The summed E-state index contributed by atoms with van der Waals surface area (Å²) in [7, 11) is 0. The maximum absolute atomic E-state index is 12.4. The Kier molecular flexibility index (Phi) is 6.89. The molecule has 0 spiro atoms. The lowest BCUT2D eigenvalue weighted by Crippen LogP contribution is -2.43. The highest BCUT2D eigenvalue weighted by Crippen LogP contribution is 2.24. The predicted molar refractivity (Wildman–Crippen MR) is 110 cm³/mol. The fourth-order valence-electron chi connectivity index (χ4n) is 2.63. The van der Waals surface area contributed by atoms with Crippen LogP contribution in [0.25, 0.3) is 0 Å². The van der Waals surface area contributed by atoms with Gasteiger partial charge in [-0.15, -0.1) is 0 Å². The van der Waals surface area contributed by atoms with Crippen molar-refractivity contribution in [1.29, 1.82) is 0 Å². The third-order valence-electron chi connectivity index (χ3n) is 4.37. The molecule has 2 rings (SSSR count). The number of benzene rings is 2. The molecule has 0 fully saturated rings. The number of nitrogens with one attached hydrogen (secondary N) is 1. The Morgan fingerprint density at radius 1 is 1.04 bits per heavy atom. The topological polar surface area (TPSA) is 47.6 Å². The van der Waals surface area contributed by atoms with Crippen molar-refractivity contribution in [1.82, 2.24) is 5.32 Å². The lowest BCUT2D eigenvalue weighted by Gasteiger charge is -2.21. The van der Waals surface area contributed by atoms with Crippen LogP contribution in [0.15, 0.2) is 48.5 Å². The molecular weight excluding hydrogens is 338 g/mol. The van der Waals surface area contributed by atoms with Crippen LogP contribution in [-0.2, 0) is 10.2 Å². The maximum atomic E-state index is 12.4. The van der Waals surface area contributed by atoms with E-state index in [-0.39, 0.29) is 17.4 Å². The molecule has 0 aliphatic rings. The summed E-state index contributed by atoms with van der Waals surface area (Å²) in [6.45, 7) is 12.6. The van der Waals surface area contributed by atoms with Gasteiger partial charge in [0.05, 0.1) is 6.04 Å². The Morgan fingerprint density at radius 2 is 1.67 bits per heavy atom. The lowest BCUT2D eigenvalue weighted by atomic mass is 9.87. The quantitative estimate of drug-likeness (QED) is 0.773. The molecule has 0 aliphatic heterocycles. The molecule has 2 aromatic carbocycles. The van der Waals surface area contributed by atoms with Crippen molar-refractivity contribution in [2.75, 3.05) is 6.61 Å². The van der Waals surface area contributed by atoms with Gasteiger partial charge in [0, 0.05) is 0 Å². The molecule has 0 aliphatic carbocycles. The van der Waals surface area contributed by atoms with Gasteiger partial charge in [-0.25, -0.2) is 0 Å². The molecule has 0 saturated carbocycles. The summed E-state index contributed by atoms with van der Waals surface area (Å²) in [5.74, 6) is 1.37. The zero-order valence-electron chi connectivity index (χ0n) is 17.2. The van der Waals surface area contributed by atoms with Crippen LogP contribution in [0.3, 0.4) is 0 Å². The summed E-state index contributed by atoms with van der Waals surface area (Å²) in [6, 6.07) is 15.6. The van der Waals surface area contributed by atoms with Gasteiger partial charge in [0.25, 0.3) is 5.91 Å². The van der Waals surface area contributed by atoms with E-state index in [0.717, 1.165) is 11.3 Å². The molecule has 0 radical (unpaired) electrons. The van der Waals surface area contributed by atoms with Crippen molar-refractivity contribution in [2.45, 2.75) is 59.1 Å². The van der Waals surface area contributed by atoms with E-state index in [1.54, 1.807) is 6.92 Å². The number of aryl methyl sites for hydroxylation is 1. The highest BCUT2D eigenvalue weighted by molar-refractivity contribution is 5.81. The molecule has 146 valence electrons. The Hall–Kier alpha value is -2.49. The van der Waals surface area contributed by atoms with Crippen molar-refractivity contribution in [3.8, 4) is 11.5 Å². The second-order valence-electron chi connectivity index (χ2n) is 8.02. The third-order valence-corrected chi connectivity index (χ3v) is 4.37. The SMILES string of the molecule is Cc1ccccc1OCC(C)NC(=O)C(C)Oc1ccc(C(C)(C)C)cc1. The fraction of sp³-hybridized carbons (Fsp3) is 0.435. The van der Waals surface area contributed by atoms with Crippen LogP contribution in [0.1, 0.15) is 45.7 Å². The van der Waals surface area contributed by atoms with E-state index >= 15 is 0 Å². The first-order chi connectivity index (χ1) is 12.7. The second-order valence-corrected chi connectivity index (χ2v) is 8.02. The van der Waals surface area contributed by atoms with Crippen LogP contribution in [0.2, 0.25) is 0 Å². The molecule has 0 heterocycles. The number of para-hydroxylation sites is 1. The molecule has 27 heavy (non-hydrogen) atoms. The zero-order valence-corrected chi connectivity index (χ0v) is 17.2. The molecule has 0 saturated heterocycles. The molecule has 0 bridgehead atoms. The van der Waals surface area contributed by atoms with Crippen LogP contribution in [0.4, 0.5) is 0 Å². The Labute approximate surface area is 162 Å². The van der Waals surface area contributed by atoms with Crippen LogP contribution in [-0.4, -0.2) is 24.7 Å². The monoisotopic (exact) mass is 369 g/mol. The molecule has 2 atom stereocenters.